The summed E-state index contributed by atoms with van der Waals surface area (Å²) in [4.78, 5) is 30.4. The Hall–Kier alpha value is -3.39. The van der Waals surface area contributed by atoms with Gasteiger partial charge in [0.1, 0.15) is 6.61 Å². The monoisotopic (exact) mass is 404 g/mol. The molecule has 2 aliphatic heterocycles. The molecule has 8 heteroatoms. The van der Waals surface area contributed by atoms with Crippen molar-refractivity contribution in [2.75, 3.05) is 7.05 Å². The van der Waals surface area contributed by atoms with Gasteiger partial charge in [0, 0.05) is 23.6 Å². The molecule has 0 bridgehead atoms. The number of fused-ring (bicyclic) bond motifs is 5. The van der Waals surface area contributed by atoms with Crippen LogP contribution in [0, 0.1) is 0 Å². The number of azo groups is 1. The fourth-order valence-corrected chi connectivity index (χ4v) is 4.43. The van der Waals surface area contributed by atoms with E-state index in [-0.39, 0.29) is 18.6 Å². The van der Waals surface area contributed by atoms with Gasteiger partial charge in [-0.3, -0.25) is 4.79 Å². The van der Waals surface area contributed by atoms with Crippen LogP contribution in [0.1, 0.15) is 35.6 Å². The number of nitrogens with zero attached hydrogens (tertiary/aromatic N) is 4. The van der Waals surface area contributed by atoms with E-state index in [0.29, 0.717) is 35.6 Å². The molecular weight excluding hydrogens is 384 g/mol. The maximum absolute atomic E-state index is 13.3. The Kier molecular flexibility index (Phi) is 4.08. The summed E-state index contributed by atoms with van der Waals surface area (Å²) in [6, 6.07) is 9.48. The van der Waals surface area contributed by atoms with E-state index in [1.807, 2.05) is 24.3 Å². The normalized spacial score (nSPS) is 19.6. The maximum Gasteiger partial charge on any atom is 0.343 e. The van der Waals surface area contributed by atoms with Crippen molar-refractivity contribution >= 4 is 16.9 Å². The van der Waals surface area contributed by atoms with Crippen LogP contribution in [0.5, 0.6) is 0 Å². The summed E-state index contributed by atoms with van der Waals surface area (Å²) in [7, 11) is 1.62. The van der Waals surface area contributed by atoms with Crippen molar-refractivity contribution in [3.63, 3.8) is 0 Å². The van der Waals surface area contributed by atoms with Gasteiger partial charge in [0.15, 0.2) is 5.60 Å². The zero-order valence-corrected chi connectivity index (χ0v) is 16.7. The number of benzene rings is 1. The predicted molar refractivity (Wildman–Crippen MR) is 109 cm³/mol. The molecule has 0 unspecified atom stereocenters. The second kappa shape index (κ2) is 6.56. The minimum Gasteiger partial charge on any atom is -0.458 e. The van der Waals surface area contributed by atoms with Gasteiger partial charge < -0.3 is 14.4 Å². The quantitative estimate of drug-likeness (QED) is 0.417. The molecule has 4 heterocycles. The Balaban J connectivity index is 1.82. The second-order valence-electron chi connectivity index (χ2n) is 7.54. The first-order valence-corrected chi connectivity index (χ1v) is 9.82. The number of carbonyl (C=O) groups is 1. The van der Waals surface area contributed by atoms with Crippen molar-refractivity contribution in [3.05, 3.63) is 62.9 Å². The molecule has 1 N–H and O–H groups in total. The minimum atomic E-state index is -1.83. The van der Waals surface area contributed by atoms with E-state index in [4.69, 9.17) is 9.72 Å². The molecule has 0 aliphatic carbocycles. The highest BCUT2D eigenvalue weighted by Crippen LogP contribution is 2.40. The average molecular weight is 404 g/mol. The fourth-order valence-electron chi connectivity index (χ4n) is 4.43. The van der Waals surface area contributed by atoms with Gasteiger partial charge in [0.05, 0.1) is 35.6 Å². The van der Waals surface area contributed by atoms with Crippen LogP contribution in [0.4, 0.5) is 0 Å². The van der Waals surface area contributed by atoms with Gasteiger partial charge >= 0.3 is 5.97 Å². The molecule has 30 heavy (non-hydrogen) atoms. The van der Waals surface area contributed by atoms with E-state index in [9.17, 15) is 14.7 Å². The van der Waals surface area contributed by atoms with E-state index >= 15 is 0 Å². The molecular formula is C22H20N4O4. The number of ether oxygens (including phenoxy) is 1. The van der Waals surface area contributed by atoms with Gasteiger partial charge in [0.25, 0.3) is 5.56 Å². The van der Waals surface area contributed by atoms with E-state index in [1.54, 1.807) is 24.6 Å². The third kappa shape index (κ3) is 2.40. The Labute approximate surface area is 171 Å². The van der Waals surface area contributed by atoms with Crippen LogP contribution in [-0.4, -0.2) is 27.7 Å². The van der Waals surface area contributed by atoms with Crippen LogP contribution < -0.4 is 5.56 Å². The Bertz CT molecular complexity index is 1310. The van der Waals surface area contributed by atoms with E-state index in [2.05, 4.69) is 10.2 Å². The number of carbonyl (C=O) groups excluding carboxylic acids is 1. The third-order valence-corrected chi connectivity index (χ3v) is 6.08. The van der Waals surface area contributed by atoms with Crippen LogP contribution >= 0.6 is 0 Å². The van der Waals surface area contributed by atoms with Gasteiger partial charge in [-0.1, -0.05) is 25.1 Å². The zero-order valence-electron chi connectivity index (χ0n) is 16.7. The standard InChI is InChI=1S/C22H20N4O4/c1-3-22(29)16-8-18-19-14(10-26(18)20(27)15(16)11-30-21(22)28)13(9-24-23-2)12-6-4-5-7-17(12)25-19/h4-8,29H,3,9-11H2,1-2H3/t22-/m0/s1. The number of esters is 1. The number of aliphatic hydroxyl groups is 1. The van der Waals surface area contributed by atoms with Crippen LogP contribution in [0.25, 0.3) is 22.3 Å². The average Bonchev–Trinajstić information content (AvgIpc) is 3.13. The van der Waals surface area contributed by atoms with Gasteiger partial charge in [-0.2, -0.15) is 10.2 Å². The summed E-state index contributed by atoms with van der Waals surface area (Å²) in [5.41, 5.74) is 2.47. The van der Waals surface area contributed by atoms with Crippen LogP contribution in [0.2, 0.25) is 0 Å². The fraction of sp³-hybridized carbons (Fsp3) is 0.318. The minimum absolute atomic E-state index is 0.113. The number of aromatic nitrogens is 2. The van der Waals surface area contributed by atoms with Crippen LogP contribution in [0.3, 0.4) is 0 Å². The molecule has 0 fully saturated rings. The lowest BCUT2D eigenvalue weighted by Gasteiger charge is -2.31. The summed E-state index contributed by atoms with van der Waals surface area (Å²) in [5, 5.41) is 20.0. The van der Waals surface area contributed by atoms with Gasteiger partial charge in [0.2, 0.25) is 0 Å². The highest BCUT2D eigenvalue weighted by Gasteiger charge is 2.45. The molecule has 8 nitrogen and oxygen atoms in total. The number of rotatable bonds is 3. The molecule has 0 spiro atoms. The third-order valence-electron chi connectivity index (χ3n) is 6.08. The van der Waals surface area contributed by atoms with Crippen LogP contribution in [0.15, 0.2) is 45.4 Å². The largest absolute Gasteiger partial charge is 0.458 e. The first-order valence-electron chi connectivity index (χ1n) is 9.82. The second-order valence-corrected chi connectivity index (χ2v) is 7.54. The lowest BCUT2D eigenvalue weighted by atomic mass is 9.86. The molecule has 0 saturated heterocycles. The molecule has 152 valence electrons. The highest BCUT2D eigenvalue weighted by molar-refractivity contribution is 5.89. The van der Waals surface area contributed by atoms with Gasteiger partial charge in [-0.25, -0.2) is 9.78 Å². The maximum atomic E-state index is 13.3. The summed E-state index contributed by atoms with van der Waals surface area (Å²) in [6.45, 7) is 2.28. The lowest BCUT2D eigenvalue weighted by Crippen LogP contribution is -2.44. The molecule has 0 amide bonds. The molecule has 2 aromatic heterocycles. The first-order chi connectivity index (χ1) is 14.5. The van der Waals surface area contributed by atoms with Crippen molar-refractivity contribution in [2.24, 2.45) is 10.2 Å². The Morgan fingerprint density at radius 3 is 2.83 bits per heavy atom. The highest BCUT2D eigenvalue weighted by atomic mass is 16.6. The number of hydrogen-bond donors (Lipinski definition) is 1. The molecule has 1 atom stereocenters. The van der Waals surface area contributed by atoms with Gasteiger partial charge in [-0.15, -0.1) is 0 Å². The molecule has 2 aliphatic rings. The van der Waals surface area contributed by atoms with Crippen molar-refractivity contribution in [1.29, 1.82) is 0 Å². The number of pyridine rings is 2. The topological polar surface area (TPSA) is 106 Å². The predicted octanol–water partition coefficient (Wildman–Crippen LogP) is 2.66. The zero-order chi connectivity index (χ0) is 21.0. The van der Waals surface area contributed by atoms with Gasteiger partial charge in [-0.05, 0) is 24.1 Å². The van der Waals surface area contributed by atoms with Crippen molar-refractivity contribution < 1.29 is 14.6 Å². The number of para-hydroxylation sites is 1. The molecule has 3 aromatic rings. The SMILES string of the molecule is CC[C@@]1(O)C(=O)OCc2c1cc1n(c2=O)Cc2c-1nc1ccccc1c2CN=NC. The number of hydrogen-bond acceptors (Lipinski definition) is 7. The van der Waals surface area contributed by atoms with Crippen molar-refractivity contribution in [2.45, 2.75) is 38.6 Å². The molecule has 0 saturated carbocycles. The lowest BCUT2D eigenvalue weighted by molar-refractivity contribution is -0.172. The Morgan fingerprint density at radius 2 is 2.07 bits per heavy atom. The van der Waals surface area contributed by atoms with Crippen molar-refractivity contribution in [3.8, 4) is 11.4 Å². The van der Waals surface area contributed by atoms with E-state index in [1.165, 1.54) is 0 Å². The molecule has 0 radical (unpaired) electrons. The van der Waals surface area contributed by atoms with E-state index in [0.717, 1.165) is 22.0 Å². The number of cyclic esters (lactones) is 1. The summed E-state index contributed by atoms with van der Waals surface area (Å²) >= 11 is 0. The Morgan fingerprint density at radius 1 is 1.27 bits per heavy atom. The van der Waals surface area contributed by atoms with Crippen LogP contribution in [-0.2, 0) is 34.8 Å². The molecule has 1 aromatic carbocycles. The summed E-state index contributed by atoms with van der Waals surface area (Å²) < 4.78 is 6.76. The summed E-state index contributed by atoms with van der Waals surface area (Å²) in [5.74, 6) is -0.726. The van der Waals surface area contributed by atoms with Crippen molar-refractivity contribution in [1.82, 2.24) is 9.55 Å². The first kappa shape index (κ1) is 18.6. The molecule has 5 rings (SSSR count). The van der Waals surface area contributed by atoms with E-state index < -0.39 is 11.6 Å². The summed E-state index contributed by atoms with van der Waals surface area (Å²) in [6.07, 6.45) is 0.113. The smallest absolute Gasteiger partial charge is 0.343 e.